The largest absolute Gasteiger partial charge is 0.493 e. The van der Waals surface area contributed by atoms with E-state index < -0.39 is 6.61 Å². The molecule has 2 aromatic carbocycles. The minimum absolute atomic E-state index is 0.00580. The zero-order valence-electron chi connectivity index (χ0n) is 13.3. The Bertz CT molecular complexity index is 681. The molecule has 0 aliphatic rings. The number of carbonyl (C=O) groups is 1. The first kappa shape index (κ1) is 17.5. The number of rotatable bonds is 7. The van der Waals surface area contributed by atoms with Crippen LogP contribution in [-0.2, 0) is 4.79 Å². The molecule has 0 aliphatic heterocycles. The number of carbonyl (C=O) groups excluding carboxylic acids is 1. The number of alkyl halides is 2. The molecule has 0 atom stereocenters. The number of amides is 1. The Morgan fingerprint density at radius 1 is 1.17 bits per heavy atom. The fraction of sp³-hybridized carbons (Fsp3) is 0.235. The second kappa shape index (κ2) is 8.14. The summed E-state index contributed by atoms with van der Waals surface area (Å²) in [6.45, 7) is -2.95. The van der Waals surface area contributed by atoms with Crippen LogP contribution < -0.4 is 19.7 Å². The summed E-state index contributed by atoms with van der Waals surface area (Å²) in [5.74, 6) is -0.0803. The fourth-order valence-corrected chi connectivity index (χ4v) is 2.07. The maximum atomic E-state index is 12.4. The molecule has 0 radical (unpaired) electrons. The molecule has 0 unspecified atom stereocenters. The maximum Gasteiger partial charge on any atom is 0.387 e. The molecule has 0 fully saturated rings. The van der Waals surface area contributed by atoms with Gasteiger partial charge in [0, 0.05) is 24.5 Å². The van der Waals surface area contributed by atoms with Crippen LogP contribution >= 0.6 is 0 Å². The number of halogens is 2. The van der Waals surface area contributed by atoms with Crippen molar-refractivity contribution in [1.29, 1.82) is 0 Å². The molecular formula is C17H18F2N2O3. The predicted octanol–water partition coefficient (Wildman–Crippen LogP) is 3.37. The van der Waals surface area contributed by atoms with Crippen LogP contribution in [-0.4, -0.2) is 33.2 Å². The summed E-state index contributed by atoms with van der Waals surface area (Å²) in [6.07, 6.45) is 0. The Morgan fingerprint density at radius 2 is 1.88 bits per heavy atom. The van der Waals surface area contributed by atoms with Crippen molar-refractivity contribution in [3.8, 4) is 11.5 Å². The van der Waals surface area contributed by atoms with Crippen molar-refractivity contribution in [2.24, 2.45) is 0 Å². The predicted molar refractivity (Wildman–Crippen MR) is 88.0 cm³/mol. The first-order chi connectivity index (χ1) is 11.5. The second-order valence-electron chi connectivity index (χ2n) is 4.89. The van der Waals surface area contributed by atoms with Gasteiger partial charge in [-0.1, -0.05) is 18.2 Å². The molecule has 2 aromatic rings. The average Bonchev–Trinajstić information content (AvgIpc) is 2.59. The standard InChI is InChI=1S/C17H18F2N2O3/c1-21(13-6-4-3-5-7-13)16(22)11-20-12-8-9-14(23-2)15(10-12)24-17(18)19/h3-10,17,20H,11H2,1-2H3. The van der Waals surface area contributed by atoms with E-state index in [4.69, 9.17) is 4.74 Å². The lowest BCUT2D eigenvalue weighted by atomic mass is 10.2. The van der Waals surface area contributed by atoms with Gasteiger partial charge in [0.25, 0.3) is 0 Å². The first-order valence-corrected chi connectivity index (χ1v) is 7.19. The average molecular weight is 336 g/mol. The van der Waals surface area contributed by atoms with E-state index in [9.17, 15) is 13.6 Å². The molecule has 0 bridgehead atoms. The molecule has 1 N–H and O–H groups in total. The van der Waals surface area contributed by atoms with Crippen LogP contribution in [0.15, 0.2) is 48.5 Å². The normalized spacial score (nSPS) is 10.4. The number of hydrogen-bond donors (Lipinski definition) is 1. The molecule has 5 nitrogen and oxygen atoms in total. The molecule has 0 spiro atoms. The third-order valence-electron chi connectivity index (χ3n) is 3.34. The molecule has 0 saturated carbocycles. The van der Waals surface area contributed by atoms with Gasteiger partial charge in [-0.05, 0) is 24.3 Å². The highest BCUT2D eigenvalue weighted by molar-refractivity contribution is 5.95. The zero-order valence-corrected chi connectivity index (χ0v) is 13.3. The van der Waals surface area contributed by atoms with Crippen molar-refractivity contribution in [2.75, 3.05) is 30.9 Å². The Labute approximate surface area is 138 Å². The van der Waals surface area contributed by atoms with E-state index in [1.54, 1.807) is 13.1 Å². The van der Waals surface area contributed by atoms with Crippen molar-refractivity contribution >= 4 is 17.3 Å². The zero-order chi connectivity index (χ0) is 17.5. The first-order valence-electron chi connectivity index (χ1n) is 7.19. The van der Waals surface area contributed by atoms with Gasteiger partial charge >= 0.3 is 6.61 Å². The summed E-state index contributed by atoms with van der Waals surface area (Å²) < 4.78 is 34.2. The monoisotopic (exact) mass is 336 g/mol. The number of nitrogens with one attached hydrogen (secondary N) is 1. The molecule has 1 amide bonds. The highest BCUT2D eigenvalue weighted by Gasteiger charge is 2.13. The van der Waals surface area contributed by atoms with E-state index in [-0.39, 0.29) is 24.0 Å². The Balaban J connectivity index is 2.02. The molecule has 24 heavy (non-hydrogen) atoms. The van der Waals surface area contributed by atoms with Gasteiger partial charge in [0.1, 0.15) is 0 Å². The molecule has 0 saturated heterocycles. The fourth-order valence-electron chi connectivity index (χ4n) is 2.07. The summed E-state index contributed by atoms with van der Waals surface area (Å²) in [7, 11) is 3.03. The Morgan fingerprint density at radius 3 is 2.50 bits per heavy atom. The lowest BCUT2D eigenvalue weighted by molar-refractivity contribution is -0.116. The van der Waals surface area contributed by atoms with Gasteiger partial charge in [0.2, 0.25) is 5.91 Å². The van der Waals surface area contributed by atoms with Gasteiger partial charge < -0.3 is 19.7 Å². The third-order valence-corrected chi connectivity index (χ3v) is 3.34. The van der Waals surface area contributed by atoms with Crippen LogP contribution in [0, 0.1) is 0 Å². The topological polar surface area (TPSA) is 50.8 Å². The lowest BCUT2D eigenvalue weighted by Crippen LogP contribution is -2.32. The van der Waals surface area contributed by atoms with Crippen LogP contribution in [0.3, 0.4) is 0 Å². The van der Waals surface area contributed by atoms with Crippen molar-refractivity contribution in [2.45, 2.75) is 6.61 Å². The number of para-hydroxylation sites is 1. The van der Waals surface area contributed by atoms with E-state index in [0.29, 0.717) is 5.69 Å². The van der Waals surface area contributed by atoms with Crippen LogP contribution in [0.25, 0.3) is 0 Å². The second-order valence-corrected chi connectivity index (χ2v) is 4.89. The van der Waals surface area contributed by atoms with Gasteiger partial charge in [-0.2, -0.15) is 8.78 Å². The number of likely N-dealkylation sites (N-methyl/N-ethyl adjacent to an activating group) is 1. The van der Waals surface area contributed by atoms with Crippen LogP contribution in [0.4, 0.5) is 20.2 Å². The summed E-state index contributed by atoms with van der Waals surface area (Å²) in [6, 6.07) is 13.6. The van der Waals surface area contributed by atoms with Gasteiger partial charge in [-0.3, -0.25) is 4.79 Å². The van der Waals surface area contributed by atoms with Crippen molar-refractivity contribution < 1.29 is 23.0 Å². The summed E-state index contributed by atoms with van der Waals surface area (Å²) in [5, 5.41) is 2.89. The molecule has 128 valence electrons. The van der Waals surface area contributed by atoms with E-state index in [2.05, 4.69) is 10.1 Å². The van der Waals surface area contributed by atoms with Gasteiger partial charge in [0.15, 0.2) is 11.5 Å². The highest BCUT2D eigenvalue weighted by atomic mass is 19.3. The number of methoxy groups -OCH3 is 1. The van der Waals surface area contributed by atoms with Crippen molar-refractivity contribution in [3.05, 3.63) is 48.5 Å². The van der Waals surface area contributed by atoms with Crippen LogP contribution in [0.2, 0.25) is 0 Å². The molecule has 7 heteroatoms. The van der Waals surface area contributed by atoms with E-state index in [0.717, 1.165) is 5.69 Å². The maximum absolute atomic E-state index is 12.4. The van der Waals surface area contributed by atoms with E-state index in [1.807, 2.05) is 30.3 Å². The quantitative estimate of drug-likeness (QED) is 0.842. The van der Waals surface area contributed by atoms with E-state index >= 15 is 0 Å². The van der Waals surface area contributed by atoms with Gasteiger partial charge in [0.05, 0.1) is 13.7 Å². The van der Waals surface area contributed by atoms with E-state index in [1.165, 1.54) is 24.1 Å². The SMILES string of the molecule is COc1ccc(NCC(=O)N(C)c2ccccc2)cc1OC(F)F. The minimum atomic E-state index is -2.96. The lowest BCUT2D eigenvalue weighted by Gasteiger charge is -2.18. The minimum Gasteiger partial charge on any atom is -0.493 e. The molecule has 0 aliphatic carbocycles. The number of nitrogens with zero attached hydrogens (tertiary/aromatic N) is 1. The Hall–Kier alpha value is -2.83. The van der Waals surface area contributed by atoms with Gasteiger partial charge in [-0.25, -0.2) is 0 Å². The molecular weight excluding hydrogens is 318 g/mol. The third kappa shape index (κ3) is 4.58. The molecule has 0 heterocycles. The van der Waals surface area contributed by atoms with Gasteiger partial charge in [-0.15, -0.1) is 0 Å². The summed E-state index contributed by atoms with van der Waals surface area (Å²) in [5.41, 5.74) is 1.24. The number of benzene rings is 2. The Kier molecular flexibility index (Phi) is 5.95. The summed E-state index contributed by atoms with van der Waals surface area (Å²) in [4.78, 5) is 13.7. The van der Waals surface area contributed by atoms with Crippen molar-refractivity contribution in [3.63, 3.8) is 0 Å². The summed E-state index contributed by atoms with van der Waals surface area (Å²) >= 11 is 0. The highest BCUT2D eigenvalue weighted by Crippen LogP contribution is 2.31. The number of anilines is 2. The number of ether oxygens (including phenoxy) is 2. The van der Waals surface area contributed by atoms with Crippen LogP contribution in [0.5, 0.6) is 11.5 Å². The number of hydrogen-bond acceptors (Lipinski definition) is 4. The van der Waals surface area contributed by atoms with Crippen molar-refractivity contribution in [1.82, 2.24) is 0 Å². The molecule has 2 rings (SSSR count). The van der Waals surface area contributed by atoms with Crippen LogP contribution in [0.1, 0.15) is 0 Å². The molecule has 0 aromatic heterocycles. The smallest absolute Gasteiger partial charge is 0.387 e.